The van der Waals surface area contributed by atoms with Crippen LogP contribution in [0.4, 0.5) is 5.69 Å². The molecule has 0 saturated heterocycles. The summed E-state index contributed by atoms with van der Waals surface area (Å²) in [6, 6.07) is 7.58. The van der Waals surface area contributed by atoms with Crippen LogP contribution in [0.15, 0.2) is 18.2 Å². The van der Waals surface area contributed by atoms with Gasteiger partial charge in [0, 0.05) is 17.0 Å². The van der Waals surface area contributed by atoms with Crippen molar-refractivity contribution in [2.75, 3.05) is 5.32 Å². The van der Waals surface area contributed by atoms with E-state index in [1.165, 1.54) is 0 Å². The standard InChI is InChI=1S/C14H16ClN3O/c15-11-4-1-10(8-16)13(7-11)18-12-5-2-9(3-6-12)14(17)19/h1,4,7,9,12,18H,2-3,5-6H2,(H2,17,19). The normalized spacial score (nSPS) is 22.5. The molecule has 4 nitrogen and oxygen atoms in total. The topological polar surface area (TPSA) is 78.9 Å². The monoisotopic (exact) mass is 277 g/mol. The van der Waals surface area contributed by atoms with E-state index >= 15 is 0 Å². The minimum Gasteiger partial charge on any atom is -0.381 e. The maximum Gasteiger partial charge on any atom is 0.220 e. The van der Waals surface area contributed by atoms with E-state index in [9.17, 15) is 4.79 Å². The molecule has 1 saturated carbocycles. The number of amides is 1. The first kappa shape index (κ1) is 13.7. The molecule has 0 aliphatic heterocycles. The van der Waals surface area contributed by atoms with E-state index < -0.39 is 0 Å². The van der Waals surface area contributed by atoms with Gasteiger partial charge in [0.2, 0.25) is 5.91 Å². The summed E-state index contributed by atoms with van der Waals surface area (Å²) in [4.78, 5) is 11.1. The van der Waals surface area contributed by atoms with Crippen molar-refractivity contribution >= 4 is 23.2 Å². The maximum atomic E-state index is 11.1. The molecular formula is C14H16ClN3O. The maximum absolute atomic E-state index is 11.1. The first-order valence-corrected chi connectivity index (χ1v) is 6.73. The largest absolute Gasteiger partial charge is 0.381 e. The first-order chi connectivity index (χ1) is 9.10. The summed E-state index contributed by atoms with van der Waals surface area (Å²) in [5, 5.41) is 13.0. The zero-order valence-electron chi connectivity index (χ0n) is 10.5. The van der Waals surface area contributed by atoms with Gasteiger partial charge >= 0.3 is 0 Å². The Morgan fingerprint density at radius 2 is 2.05 bits per heavy atom. The van der Waals surface area contributed by atoms with Gasteiger partial charge in [0.1, 0.15) is 6.07 Å². The summed E-state index contributed by atoms with van der Waals surface area (Å²) >= 11 is 5.95. The minimum atomic E-state index is -0.209. The Morgan fingerprint density at radius 3 is 2.63 bits per heavy atom. The van der Waals surface area contributed by atoms with Gasteiger partial charge < -0.3 is 11.1 Å². The zero-order chi connectivity index (χ0) is 13.8. The quantitative estimate of drug-likeness (QED) is 0.891. The lowest BCUT2D eigenvalue weighted by atomic mass is 9.85. The van der Waals surface area contributed by atoms with E-state index in [2.05, 4.69) is 11.4 Å². The molecule has 0 bridgehead atoms. The van der Waals surface area contributed by atoms with E-state index in [0.717, 1.165) is 31.4 Å². The van der Waals surface area contributed by atoms with E-state index in [1.54, 1.807) is 18.2 Å². The average molecular weight is 278 g/mol. The summed E-state index contributed by atoms with van der Waals surface area (Å²) in [7, 11) is 0. The molecular weight excluding hydrogens is 262 g/mol. The SMILES string of the molecule is N#Cc1ccc(Cl)cc1NC1CCC(C(N)=O)CC1. The number of anilines is 1. The highest BCUT2D eigenvalue weighted by atomic mass is 35.5. The molecule has 100 valence electrons. The molecule has 1 aliphatic rings. The highest BCUT2D eigenvalue weighted by Gasteiger charge is 2.24. The Morgan fingerprint density at radius 1 is 1.37 bits per heavy atom. The third-order valence-corrected chi connectivity index (χ3v) is 3.83. The van der Waals surface area contributed by atoms with Crippen LogP contribution in [-0.2, 0) is 4.79 Å². The van der Waals surface area contributed by atoms with Gasteiger partial charge in [0.05, 0.1) is 11.3 Å². The van der Waals surface area contributed by atoms with Crippen LogP contribution in [0.1, 0.15) is 31.2 Å². The summed E-state index contributed by atoms with van der Waals surface area (Å²) < 4.78 is 0. The van der Waals surface area contributed by atoms with Crippen molar-refractivity contribution in [1.29, 1.82) is 5.26 Å². The fraction of sp³-hybridized carbons (Fsp3) is 0.429. The number of nitriles is 1. The van der Waals surface area contributed by atoms with Crippen molar-refractivity contribution in [2.45, 2.75) is 31.7 Å². The van der Waals surface area contributed by atoms with Gasteiger partial charge in [-0.05, 0) is 43.9 Å². The second-order valence-electron chi connectivity index (χ2n) is 4.90. The molecule has 1 aliphatic carbocycles. The molecule has 0 heterocycles. The van der Waals surface area contributed by atoms with Crippen molar-refractivity contribution in [1.82, 2.24) is 0 Å². The predicted octanol–water partition coefficient (Wildman–Crippen LogP) is 2.67. The third-order valence-electron chi connectivity index (χ3n) is 3.59. The van der Waals surface area contributed by atoms with Crippen LogP contribution in [0.2, 0.25) is 5.02 Å². The zero-order valence-corrected chi connectivity index (χ0v) is 11.3. The number of carbonyl (C=O) groups is 1. The lowest BCUT2D eigenvalue weighted by Gasteiger charge is -2.28. The molecule has 1 fully saturated rings. The molecule has 0 aromatic heterocycles. The van der Waals surface area contributed by atoms with E-state index in [4.69, 9.17) is 22.6 Å². The van der Waals surface area contributed by atoms with Crippen molar-refractivity contribution in [3.63, 3.8) is 0 Å². The van der Waals surface area contributed by atoms with E-state index in [1.807, 2.05) is 0 Å². The number of nitrogens with one attached hydrogen (secondary N) is 1. The molecule has 1 aromatic rings. The van der Waals surface area contributed by atoms with Crippen molar-refractivity contribution in [3.05, 3.63) is 28.8 Å². The number of carbonyl (C=O) groups excluding carboxylic acids is 1. The number of primary amides is 1. The molecule has 2 rings (SSSR count). The summed E-state index contributed by atoms with van der Waals surface area (Å²) in [6.45, 7) is 0. The molecule has 19 heavy (non-hydrogen) atoms. The van der Waals surface area contributed by atoms with Gasteiger partial charge in [-0.2, -0.15) is 5.26 Å². The third kappa shape index (κ3) is 3.39. The van der Waals surface area contributed by atoms with Crippen LogP contribution in [0.3, 0.4) is 0 Å². The summed E-state index contributed by atoms with van der Waals surface area (Å²) in [5.41, 5.74) is 6.66. The number of nitrogens with zero attached hydrogens (tertiary/aromatic N) is 1. The Bertz CT molecular complexity index is 516. The molecule has 1 amide bonds. The van der Waals surface area contributed by atoms with Gasteiger partial charge in [-0.25, -0.2) is 0 Å². The first-order valence-electron chi connectivity index (χ1n) is 6.35. The number of rotatable bonds is 3. The fourth-order valence-corrected chi connectivity index (χ4v) is 2.65. The van der Waals surface area contributed by atoms with Crippen molar-refractivity contribution in [2.24, 2.45) is 11.7 Å². The number of halogens is 1. The van der Waals surface area contributed by atoms with Crippen LogP contribution < -0.4 is 11.1 Å². The molecule has 5 heteroatoms. The number of hydrogen-bond donors (Lipinski definition) is 2. The molecule has 1 aromatic carbocycles. The molecule has 0 unspecified atom stereocenters. The highest BCUT2D eigenvalue weighted by Crippen LogP contribution is 2.28. The van der Waals surface area contributed by atoms with Crippen LogP contribution >= 0.6 is 11.6 Å². The van der Waals surface area contributed by atoms with Gasteiger partial charge in [0.25, 0.3) is 0 Å². The smallest absolute Gasteiger partial charge is 0.220 e. The Hall–Kier alpha value is -1.73. The molecule has 0 atom stereocenters. The Balaban J connectivity index is 2.01. The average Bonchev–Trinajstić information content (AvgIpc) is 2.39. The van der Waals surface area contributed by atoms with E-state index in [-0.39, 0.29) is 17.9 Å². The van der Waals surface area contributed by atoms with Crippen LogP contribution in [0.5, 0.6) is 0 Å². The molecule has 3 N–H and O–H groups in total. The highest BCUT2D eigenvalue weighted by molar-refractivity contribution is 6.30. The second kappa shape index (κ2) is 5.94. The number of hydrogen-bond acceptors (Lipinski definition) is 3. The van der Waals surface area contributed by atoms with Crippen LogP contribution in [-0.4, -0.2) is 11.9 Å². The lowest BCUT2D eigenvalue weighted by molar-refractivity contribution is -0.122. The van der Waals surface area contributed by atoms with Gasteiger partial charge in [-0.1, -0.05) is 11.6 Å². The van der Waals surface area contributed by atoms with Crippen LogP contribution in [0, 0.1) is 17.2 Å². The Labute approximate surface area is 117 Å². The second-order valence-corrected chi connectivity index (χ2v) is 5.33. The summed E-state index contributed by atoms with van der Waals surface area (Å²) in [6.07, 6.45) is 3.36. The van der Waals surface area contributed by atoms with Crippen molar-refractivity contribution in [3.8, 4) is 6.07 Å². The number of benzene rings is 1. The summed E-state index contributed by atoms with van der Waals surface area (Å²) in [5.74, 6) is -0.216. The lowest BCUT2D eigenvalue weighted by Crippen LogP contribution is -2.32. The fourth-order valence-electron chi connectivity index (χ4n) is 2.48. The van der Waals surface area contributed by atoms with Gasteiger partial charge in [0.15, 0.2) is 0 Å². The van der Waals surface area contributed by atoms with E-state index in [0.29, 0.717) is 10.6 Å². The van der Waals surface area contributed by atoms with Gasteiger partial charge in [-0.15, -0.1) is 0 Å². The number of nitrogens with two attached hydrogens (primary N) is 1. The van der Waals surface area contributed by atoms with Gasteiger partial charge in [-0.3, -0.25) is 4.79 Å². The van der Waals surface area contributed by atoms with Crippen molar-refractivity contribution < 1.29 is 4.79 Å². The minimum absolute atomic E-state index is 0.00662. The molecule has 0 radical (unpaired) electrons. The Kier molecular flexibility index (Phi) is 4.28. The predicted molar refractivity (Wildman–Crippen MR) is 74.7 cm³/mol. The van der Waals surface area contributed by atoms with Crippen LogP contribution in [0.25, 0.3) is 0 Å². The molecule has 0 spiro atoms.